The number of nitro groups is 1. The molecule has 4 atom stereocenters. The average molecular weight is 557 g/mol. The number of aromatic hydroxyl groups is 1. The molecular formula is C21H23N3O13S. The van der Waals surface area contributed by atoms with Crippen LogP contribution in [-0.4, -0.2) is 91.0 Å². The maximum absolute atomic E-state index is 13.6. The van der Waals surface area contributed by atoms with Crippen molar-refractivity contribution in [2.24, 2.45) is 17.6 Å². The molecule has 16 nitrogen and oxygen atoms in total. The van der Waals surface area contributed by atoms with Gasteiger partial charge in [0.15, 0.2) is 11.4 Å². The molecule has 3 aliphatic carbocycles. The first-order valence-corrected chi connectivity index (χ1v) is 12.1. The van der Waals surface area contributed by atoms with Gasteiger partial charge in [-0.05, 0) is 38.9 Å². The van der Waals surface area contributed by atoms with Gasteiger partial charge in [-0.3, -0.25) is 38.5 Å². The largest absolute Gasteiger partial charge is 0.508 e. The van der Waals surface area contributed by atoms with Gasteiger partial charge in [-0.15, -0.1) is 0 Å². The third kappa shape index (κ3) is 4.50. The first kappa shape index (κ1) is 28.7. The molecule has 3 aliphatic rings. The van der Waals surface area contributed by atoms with E-state index >= 15 is 0 Å². The van der Waals surface area contributed by atoms with Gasteiger partial charge < -0.3 is 26.2 Å². The van der Waals surface area contributed by atoms with E-state index in [9.17, 15) is 44.9 Å². The number of phenolic OH excluding ortho intramolecular Hbond substituents is 1. The molecule has 0 bridgehead atoms. The summed E-state index contributed by atoms with van der Waals surface area (Å²) < 4.78 is 31.6. The summed E-state index contributed by atoms with van der Waals surface area (Å²) in [5, 5.41) is 54.8. The Kier molecular flexibility index (Phi) is 7.12. The molecule has 0 spiro atoms. The molecule has 4 rings (SSSR count). The van der Waals surface area contributed by atoms with Crippen LogP contribution >= 0.6 is 0 Å². The third-order valence-electron chi connectivity index (χ3n) is 6.78. The number of nitrogens with zero attached hydrogens (tertiary/aromatic N) is 2. The Hall–Kier alpha value is -3.90. The number of rotatable bonds is 3. The van der Waals surface area contributed by atoms with E-state index in [1.807, 2.05) is 0 Å². The normalized spacial score (nSPS) is 26.7. The van der Waals surface area contributed by atoms with Crippen LogP contribution in [0.5, 0.6) is 5.75 Å². The lowest BCUT2D eigenvalue weighted by Gasteiger charge is -2.50. The lowest BCUT2D eigenvalue weighted by atomic mass is 9.57. The van der Waals surface area contributed by atoms with Gasteiger partial charge in [0, 0.05) is 23.1 Å². The number of ketones is 2. The van der Waals surface area contributed by atoms with E-state index in [1.165, 1.54) is 19.0 Å². The number of carbonyl (C=O) groups is 3. The molecule has 1 saturated carbocycles. The molecule has 1 aromatic carbocycles. The minimum absolute atomic E-state index is 0.00520. The molecule has 38 heavy (non-hydrogen) atoms. The Labute approximate surface area is 214 Å². The summed E-state index contributed by atoms with van der Waals surface area (Å²) in [7, 11) is -1.70. The molecule has 1 aromatic rings. The van der Waals surface area contributed by atoms with Crippen molar-refractivity contribution in [3.05, 3.63) is 50.3 Å². The first-order valence-electron chi connectivity index (χ1n) is 10.7. The number of benzene rings is 1. The topological polar surface area (TPSA) is 279 Å². The Morgan fingerprint density at radius 1 is 1.18 bits per heavy atom. The Morgan fingerprint density at radius 3 is 2.21 bits per heavy atom. The number of amides is 1. The summed E-state index contributed by atoms with van der Waals surface area (Å²) in [5.74, 6) is -7.96. The smallest absolute Gasteiger partial charge is 0.394 e. The molecule has 0 aromatic heterocycles. The zero-order valence-electron chi connectivity index (χ0n) is 19.7. The molecule has 0 unspecified atom stereocenters. The highest BCUT2D eigenvalue weighted by Gasteiger charge is 2.64. The van der Waals surface area contributed by atoms with Crippen LogP contribution in [0, 0.1) is 22.0 Å². The number of nitrogens with two attached hydrogens (primary N) is 1. The first-order chi connectivity index (χ1) is 17.3. The monoisotopic (exact) mass is 557 g/mol. The predicted molar refractivity (Wildman–Crippen MR) is 125 cm³/mol. The number of likely N-dealkylation sites (N-methyl/N-ethyl adjacent to an activating group) is 1. The van der Waals surface area contributed by atoms with Crippen LogP contribution in [0.1, 0.15) is 17.5 Å². The van der Waals surface area contributed by atoms with Crippen LogP contribution in [0.15, 0.2) is 29.0 Å². The van der Waals surface area contributed by atoms with Crippen molar-refractivity contribution in [2.45, 2.75) is 24.5 Å². The van der Waals surface area contributed by atoms with Gasteiger partial charge in [-0.2, -0.15) is 8.42 Å². The van der Waals surface area contributed by atoms with Crippen molar-refractivity contribution in [1.29, 1.82) is 0 Å². The van der Waals surface area contributed by atoms with Crippen molar-refractivity contribution in [3.63, 3.8) is 0 Å². The van der Waals surface area contributed by atoms with Gasteiger partial charge in [0.05, 0.1) is 16.5 Å². The van der Waals surface area contributed by atoms with E-state index in [4.69, 9.17) is 23.3 Å². The fourth-order valence-corrected chi connectivity index (χ4v) is 5.40. The second kappa shape index (κ2) is 9.44. The fraction of sp³-hybridized carbons (Fsp3) is 0.381. The number of phenols is 1. The van der Waals surface area contributed by atoms with Crippen molar-refractivity contribution >= 4 is 39.3 Å². The summed E-state index contributed by atoms with van der Waals surface area (Å²) in [6.45, 7) is 0. The quantitative estimate of drug-likeness (QED) is 0.104. The Bertz CT molecular complexity index is 1440. The molecule has 8 N–H and O–H groups in total. The van der Waals surface area contributed by atoms with Crippen molar-refractivity contribution in [2.75, 3.05) is 14.1 Å². The van der Waals surface area contributed by atoms with Crippen LogP contribution in [0.25, 0.3) is 5.76 Å². The molecule has 206 valence electrons. The zero-order valence-corrected chi connectivity index (χ0v) is 20.5. The summed E-state index contributed by atoms with van der Waals surface area (Å²) in [5.41, 5.74) is 0.543. The van der Waals surface area contributed by atoms with Crippen LogP contribution in [0.2, 0.25) is 0 Å². The van der Waals surface area contributed by atoms with E-state index in [1.54, 1.807) is 0 Å². The number of fused-ring (bicyclic) bond motifs is 3. The highest BCUT2D eigenvalue weighted by molar-refractivity contribution is 7.79. The van der Waals surface area contributed by atoms with Crippen LogP contribution in [0.4, 0.5) is 5.69 Å². The SMILES string of the molecule is CN(C)[C@@H]1C(=O)C(C(N)=O)=C(O)[C@@]2(O)C(=O)C3=C(O)c4c(O)ccc([N+](=O)[O-])c4C[C@H]3C[C@@H]12.O=S(=O)(O)O. The van der Waals surface area contributed by atoms with Gasteiger partial charge in [0.2, 0.25) is 5.78 Å². The van der Waals surface area contributed by atoms with Gasteiger partial charge in [-0.25, -0.2) is 0 Å². The van der Waals surface area contributed by atoms with Gasteiger partial charge >= 0.3 is 10.4 Å². The number of aliphatic hydroxyl groups is 3. The highest BCUT2D eigenvalue weighted by atomic mass is 32.3. The lowest BCUT2D eigenvalue weighted by Crippen LogP contribution is -2.65. The maximum atomic E-state index is 13.6. The van der Waals surface area contributed by atoms with E-state index in [0.717, 1.165) is 12.1 Å². The molecule has 0 aliphatic heterocycles. The number of carbonyl (C=O) groups excluding carboxylic acids is 3. The van der Waals surface area contributed by atoms with Crippen molar-refractivity contribution < 1.29 is 57.3 Å². The molecule has 1 amide bonds. The number of aliphatic hydroxyl groups excluding tert-OH is 2. The number of hydrogen-bond donors (Lipinski definition) is 7. The maximum Gasteiger partial charge on any atom is 0.394 e. The summed E-state index contributed by atoms with van der Waals surface area (Å²) in [6, 6.07) is 0.859. The summed E-state index contributed by atoms with van der Waals surface area (Å²) in [4.78, 5) is 50.6. The minimum Gasteiger partial charge on any atom is -0.508 e. The molecule has 0 saturated heterocycles. The third-order valence-corrected chi connectivity index (χ3v) is 6.78. The van der Waals surface area contributed by atoms with E-state index in [2.05, 4.69) is 0 Å². The van der Waals surface area contributed by atoms with E-state index < -0.39 is 79.1 Å². The van der Waals surface area contributed by atoms with E-state index in [0.29, 0.717) is 0 Å². The van der Waals surface area contributed by atoms with Gasteiger partial charge in [0.1, 0.15) is 22.8 Å². The molecular weight excluding hydrogens is 534 g/mol. The zero-order chi connectivity index (χ0) is 29.1. The second-order valence-corrected chi connectivity index (χ2v) is 10.0. The Morgan fingerprint density at radius 2 is 1.74 bits per heavy atom. The molecule has 1 fully saturated rings. The van der Waals surface area contributed by atoms with Crippen molar-refractivity contribution in [3.8, 4) is 5.75 Å². The average Bonchev–Trinajstić information content (AvgIpc) is 2.74. The Balaban J connectivity index is 0.000000732. The van der Waals surface area contributed by atoms with Crippen LogP contribution in [-0.2, 0) is 31.2 Å². The molecule has 17 heteroatoms. The number of primary amides is 1. The van der Waals surface area contributed by atoms with E-state index in [-0.39, 0.29) is 35.2 Å². The predicted octanol–water partition coefficient (Wildman–Crippen LogP) is -0.781. The van der Waals surface area contributed by atoms with Crippen LogP contribution in [0.3, 0.4) is 0 Å². The fourth-order valence-electron chi connectivity index (χ4n) is 5.40. The summed E-state index contributed by atoms with van der Waals surface area (Å²) >= 11 is 0. The van der Waals surface area contributed by atoms with Gasteiger partial charge in [-0.1, -0.05) is 0 Å². The van der Waals surface area contributed by atoms with Gasteiger partial charge in [0.25, 0.3) is 11.6 Å². The molecule has 0 heterocycles. The van der Waals surface area contributed by atoms with Crippen molar-refractivity contribution in [1.82, 2.24) is 4.90 Å². The number of nitro benzene ring substituents is 1. The number of hydrogen-bond acceptors (Lipinski definition) is 12. The van der Waals surface area contributed by atoms with Crippen LogP contribution < -0.4 is 5.73 Å². The minimum atomic E-state index is -4.67. The molecule has 0 radical (unpaired) electrons. The second-order valence-electron chi connectivity index (χ2n) is 9.12. The number of Topliss-reactive ketones (excluding diaryl/α,β-unsaturated/α-hetero) is 2. The highest BCUT2D eigenvalue weighted by Crippen LogP contribution is 2.53. The standard InChI is InChI=1S/C21H21N3O9.H2O4S/c1-23(2)15-9-6-7-5-8-10(24(32)33)3-4-11(25)13(8)16(26)12(7)18(28)21(9,31)19(29)14(17(15)27)20(22)30;1-5(2,3)4/h3-4,7,9,15,25-26,29,31H,5-6H2,1-2H3,(H2,22,30);(H2,1,2,3,4)/t7-,9-,15-,21-;/m0./s1. The lowest BCUT2D eigenvalue weighted by molar-refractivity contribution is -0.385. The summed E-state index contributed by atoms with van der Waals surface area (Å²) in [6.07, 6.45) is -0.280.